The second-order valence-corrected chi connectivity index (χ2v) is 9.52. The lowest BCUT2D eigenvalue weighted by Crippen LogP contribution is -2.14. The molecule has 176 valence electrons. The Bertz CT molecular complexity index is 664. The summed E-state index contributed by atoms with van der Waals surface area (Å²) < 4.78 is 17.0. The minimum Gasteiger partial charge on any atom is -0.489 e. The van der Waals surface area contributed by atoms with E-state index in [-0.39, 0.29) is 23.4 Å². The van der Waals surface area contributed by atoms with Gasteiger partial charge in [0.1, 0.15) is 0 Å². The first kappa shape index (κ1) is 27.0. The average molecular weight is 435 g/mol. The van der Waals surface area contributed by atoms with Crippen LogP contribution >= 0.6 is 0 Å². The molecule has 0 saturated heterocycles. The fraction of sp³-hybridized carbons (Fsp3) is 0.692. The van der Waals surface area contributed by atoms with E-state index in [4.69, 9.17) is 14.2 Å². The van der Waals surface area contributed by atoms with Crippen LogP contribution in [0.2, 0.25) is 0 Å². The summed E-state index contributed by atoms with van der Waals surface area (Å²) >= 11 is 0. The first-order valence-corrected chi connectivity index (χ1v) is 11.9. The first-order valence-electron chi connectivity index (χ1n) is 11.9. The minimum absolute atomic E-state index is 0.201. The monoisotopic (exact) mass is 434 g/mol. The van der Waals surface area contributed by atoms with E-state index in [2.05, 4.69) is 27.7 Å². The van der Waals surface area contributed by atoms with Gasteiger partial charge in [-0.05, 0) is 42.7 Å². The Morgan fingerprint density at radius 3 is 1.74 bits per heavy atom. The third-order valence-electron chi connectivity index (χ3n) is 4.78. The van der Waals surface area contributed by atoms with Crippen molar-refractivity contribution in [1.29, 1.82) is 0 Å². The summed E-state index contributed by atoms with van der Waals surface area (Å²) in [7, 11) is 0. The molecule has 0 amide bonds. The molecule has 1 rings (SSSR count). The minimum atomic E-state index is -0.335. The number of hydrogen-bond acceptors (Lipinski definition) is 5. The molecule has 0 saturated carbocycles. The topological polar surface area (TPSA) is 61.8 Å². The van der Waals surface area contributed by atoms with Crippen molar-refractivity contribution in [3.8, 4) is 17.2 Å². The van der Waals surface area contributed by atoms with Crippen LogP contribution in [0, 0.1) is 17.8 Å². The van der Waals surface area contributed by atoms with Crippen molar-refractivity contribution < 1.29 is 23.8 Å². The zero-order chi connectivity index (χ0) is 23.2. The van der Waals surface area contributed by atoms with Gasteiger partial charge in [0, 0.05) is 12.8 Å². The predicted molar refractivity (Wildman–Crippen MR) is 125 cm³/mol. The maximum absolute atomic E-state index is 12.4. The van der Waals surface area contributed by atoms with Gasteiger partial charge in [0.15, 0.2) is 11.5 Å². The van der Waals surface area contributed by atoms with Crippen molar-refractivity contribution in [2.75, 3.05) is 6.61 Å². The van der Waals surface area contributed by atoms with Crippen molar-refractivity contribution in [2.45, 2.75) is 92.9 Å². The average Bonchev–Trinajstić information content (AvgIpc) is 2.68. The Hall–Kier alpha value is -2.04. The third-order valence-corrected chi connectivity index (χ3v) is 4.78. The highest BCUT2D eigenvalue weighted by atomic mass is 16.6. The highest BCUT2D eigenvalue weighted by Crippen LogP contribution is 2.38. The van der Waals surface area contributed by atoms with E-state index in [1.54, 1.807) is 18.2 Å². The van der Waals surface area contributed by atoms with Gasteiger partial charge in [-0.2, -0.15) is 0 Å². The molecule has 31 heavy (non-hydrogen) atoms. The molecule has 1 aromatic rings. The van der Waals surface area contributed by atoms with Crippen molar-refractivity contribution in [1.82, 2.24) is 0 Å². The molecule has 0 unspecified atom stereocenters. The number of benzene rings is 1. The van der Waals surface area contributed by atoms with Crippen LogP contribution in [0.3, 0.4) is 0 Å². The fourth-order valence-electron chi connectivity index (χ4n) is 3.03. The summed E-state index contributed by atoms with van der Waals surface area (Å²) in [5.41, 5.74) is 0. The molecular formula is C26H42O5. The first-order chi connectivity index (χ1) is 14.7. The van der Waals surface area contributed by atoms with Gasteiger partial charge in [-0.25, -0.2) is 0 Å². The molecule has 0 aliphatic carbocycles. The quantitative estimate of drug-likeness (QED) is 0.169. The summed E-state index contributed by atoms with van der Waals surface area (Å²) in [6.07, 6.45) is 6.37. The zero-order valence-corrected chi connectivity index (χ0v) is 20.4. The van der Waals surface area contributed by atoms with Gasteiger partial charge in [0.05, 0.1) is 6.61 Å². The van der Waals surface area contributed by atoms with Crippen LogP contribution in [0.1, 0.15) is 92.9 Å². The van der Waals surface area contributed by atoms with Crippen LogP contribution < -0.4 is 14.2 Å². The van der Waals surface area contributed by atoms with E-state index < -0.39 is 0 Å². The molecule has 0 spiro atoms. The largest absolute Gasteiger partial charge is 0.489 e. The maximum Gasteiger partial charge on any atom is 0.311 e. The van der Waals surface area contributed by atoms with E-state index in [1.807, 2.05) is 13.8 Å². The summed E-state index contributed by atoms with van der Waals surface area (Å²) in [4.78, 5) is 24.8. The lowest BCUT2D eigenvalue weighted by Gasteiger charge is -2.16. The van der Waals surface area contributed by atoms with E-state index in [0.717, 1.165) is 38.5 Å². The molecule has 0 aromatic heterocycles. The summed E-state index contributed by atoms with van der Waals surface area (Å²) in [6, 6.07) is 5.14. The molecule has 1 aromatic carbocycles. The molecule has 0 aliphatic heterocycles. The predicted octanol–water partition coefficient (Wildman–Crippen LogP) is 6.97. The molecule has 0 N–H and O–H groups in total. The number of unbranched alkanes of at least 4 members (excludes halogenated alkanes) is 2. The maximum atomic E-state index is 12.4. The molecular weight excluding hydrogens is 392 g/mol. The van der Waals surface area contributed by atoms with Gasteiger partial charge in [-0.3, -0.25) is 9.59 Å². The lowest BCUT2D eigenvalue weighted by molar-refractivity contribution is -0.137. The van der Waals surface area contributed by atoms with Gasteiger partial charge in [0.2, 0.25) is 5.75 Å². The van der Waals surface area contributed by atoms with Gasteiger partial charge < -0.3 is 14.2 Å². The molecule has 5 heteroatoms. The van der Waals surface area contributed by atoms with E-state index >= 15 is 0 Å². The number of rotatable bonds is 15. The number of hydrogen-bond donors (Lipinski definition) is 0. The van der Waals surface area contributed by atoms with Crippen LogP contribution in [0.4, 0.5) is 0 Å². The van der Waals surface area contributed by atoms with E-state index in [1.165, 1.54) is 0 Å². The molecule has 0 fully saturated rings. The number of carbonyl (C=O) groups is 2. The molecule has 0 bridgehead atoms. The van der Waals surface area contributed by atoms with Crippen molar-refractivity contribution in [3.63, 3.8) is 0 Å². The smallest absolute Gasteiger partial charge is 0.311 e. The second-order valence-electron chi connectivity index (χ2n) is 9.52. The molecule has 0 atom stereocenters. The molecule has 5 nitrogen and oxygen atoms in total. The van der Waals surface area contributed by atoms with Crippen LogP contribution in [-0.4, -0.2) is 18.5 Å². The van der Waals surface area contributed by atoms with Crippen LogP contribution in [0.5, 0.6) is 17.2 Å². The molecule has 0 aliphatic rings. The molecule has 0 radical (unpaired) electrons. The third kappa shape index (κ3) is 12.4. The van der Waals surface area contributed by atoms with Gasteiger partial charge in [-0.15, -0.1) is 0 Å². The Morgan fingerprint density at radius 1 is 0.710 bits per heavy atom. The van der Waals surface area contributed by atoms with E-state index in [0.29, 0.717) is 43.0 Å². The van der Waals surface area contributed by atoms with Crippen LogP contribution in [0.15, 0.2) is 18.2 Å². The Labute approximate surface area is 188 Å². The summed E-state index contributed by atoms with van der Waals surface area (Å²) in [5.74, 6) is 1.77. The number of carbonyl (C=O) groups excluding carboxylic acids is 2. The van der Waals surface area contributed by atoms with E-state index in [9.17, 15) is 9.59 Å². The number of esters is 2. The Balaban J connectivity index is 2.80. The van der Waals surface area contributed by atoms with Gasteiger partial charge in [0.25, 0.3) is 0 Å². The SMILES string of the molecule is CC(C)CCCCC(=O)Oc1cccc(OCC(C)C)c1OC(=O)CCCCC(C)C. The number of ether oxygens (including phenoxy) is 3. The Morgan fingerprint density at radius 2 is 1.23 bits per heavy atom. The van der Waals surface area contributed by atoms with Crippen LogP contribution in [-0.2, 0) is 9.59 Å². The zero-order valence-electron chi connectivity index (χ0n) is 20.4. The Kier molecular flexibility index (Phi) is 13.0. The normalized spacial score (nSPS) is 11.3. The highest BCUT2D eigenvalue weighted by molar-refractivity contribution is 5.77. The number of para-hydroxylation sites is 1. The standard InChI is InChI=1S/C26H42O5/c1-19(2)12-7-9-16-24(27)30-23-15-11-14-22(29-18-21(5)6)26(23)31-25(28)17-10-8-13-20(3)4/h11,14-15,19-21H,7-10,12-13,16-18H2,1-6H3. The van der Waals surface area contributed by atoms with Gasteiger partial charge >= 0.3 is 11.9 Å². The lowest BCUT2D eigenvalue weighted by atomic mass is 10.1. The van der Waals surface area contributed by atoms with Crippen molar-refractivity contribution in [2.24, 2.45) is 17.8 Å². The summed E-state index contributed by atoms with van der Waals surface area (Å²) in [6.45, 7) is 13.2. The van der Waals surface area contributed by atoms with Gasteiger partial charge in [-0.1, -0.05) is 73.3 Å². The second kappa shape index (κ2) is 14.9. The molecule has 0 heterocycles. The van der Waals surface area contributed by atoms with Crippen molar-refractivity contribution in [3.05, 3.63) is 18.2 Å². The highest BCUT2D eigenvalue weighted by Gasteiger charge is 2.19. The van der Waals surface area contributed by atoms with Crippen molar-refractivity contribution >= 4 is 11.9 Å². The fourth-order valence-corrected chi connectivity index (χ4v) is 3.03. The summed E-state index contributed by atoms with van der Waals surface area (Å²) in [5, 5.41) is 0. The van der Waals surface area contributed by atoms with Crippen LogP contribution in [0.25, 0.3) is 0 Å².